The fourth-order valence-corrected chi connectivity index (χ4v) is 4.84. The maximum absolute atomic E-state index is 12.3. The van der Waals surface area contributed by atoms with Crippen molar-refractivity contribution >= 4 is 27.3 Å². The number of hydrogen-bond donors (Lipinski definition) is 1. The van der Waals surface area contributed by atoms with E-state index in [1.54, 1.807) is 11.0 Å². The van der Waals surface area contributed by atoms with Gasteiger partial charge in [-0.1, -0.05) is 30.3 Å². The zero-order valence-corrected chi connectivity index (χ0v) is 14.2. The number of thiophene rings is 1. The predicted molar refractivity (Wildman–Crippen MR) is 89.9 cm³/mol. The van der Waals surface area contributed by atoms with E-state index >= 15 is 0 Å². The van der Waals surface area contributed by atoms with Crippen molar-refractivity contribution in [2.45, 2.75) is 23.6 Å². The number of rotatable bonds is 5. The molecule has 1 fully saturated rings. The SMILES string of the molecule is O=C(c1ccc(S(=O)(=O)NCc2ccccc2)s1)N1CCCC1. The summed E-state index contributed by atoms with van der Waals surface area (Å²) in [6.07, 6.45) is 2.03. The van der Waals surface area contributed by atoms with Crippen molar-refractivity contribution in [2.75, 3.05) is 13.1 Å². The minimum Gasteiger partial charge on any atom is -0.338 e. The zero-order valence-electron chi connectivity index (χ0n) is 12.6. The zero-order chi connectivity index (χ0) is 16.3. The van der Waals surface area contributed by atoms with Crippen molar-refractivity contribution in [3.8, 4) is 0 Å². The van der Waals surface area contributed by atoms with E-state index in [9.17, 15) is 13.2 Å². The molecule has 7 heteroatoms. The lowest BCUT2D eigenvalue weighted by Crippen LogP contribution is -2.26. The van der Waals surface area contributed by atoms with Crippen LogP contribution in [0.5, 0.6) is 0 Å². The smallest absolute Gasteiger partial charge is 0.263 e. The van der Waals surface area contributed by atoms with Gasteiger partial charge in [0.1, 0.15) is 4.21 Å². The maximum Gasteiger partial charge on any atom is 0.263 e. The van der Waals surface area contributed by atoms with Crippen LogP contribution in [0, 0.1) is 0 Å². The van der Waals surface area contributed by atoms with Crippen LogP contribution in [0.2, 0.25) is 0 Å². The predicted octanol–water partition coefficient (Wildman–Crippen LogP) is 2.46. The Balaban J connectivity index is 1.69. The Bertz CT molecular complexity index is 779. The van der Waals surface area contributed by atoms with Crippen LogP contribution in [0.1, 0.15) is 28.1 Å². The third-order valence-electron chi connectivity index (χ3n) is 3.76. The summed E-state index contributed by atoms with van der Waals surface area (Å²) in [5, 5.41) is 0. The molecule has 1 saturated heterocycles. The van der Waals surface area contributed by atoms with Crippen LogP contribution in [0.4, 0.5) is 0 Å². The number of amides is 1. The molecule has 0 atom stereocenters. The van der Waals surface area contributed by atoms with Crippen LogP contribution < -0.4 is 4.72 Å². The maximum atomic E-state index is 12.3. The van der Waals surface area contributed by atoms with E-state index in [2.05, 4.69) is 4.72 Å². The highest BCUT2D eigenvalue weighted by molar-refractivity contribution is 7.91. The Morgan fingerprint density at radius 2 is 1.78 bits per heavy atom. The van der Waals surface area contributed by atoms with E-state index in [0.717, 1.165) is 42.8 Å². The molecule has 0 spiro atoms. The topological polar surface area (TPSA) is 66.5 Å². The molecular weight excluding hydrogens is 332 g/mol. The monoisotopic (exact) mass is 350 g/mol. The number of carbonyl (C=O) groups is 1. The van der Waals surface area contributed by atoms with Crippen LogP contribution in [-0.2, 0) is 16.6 Å². The first kappa shape index (κ1) is 16.2. The van der Waals surface area contributed by atoms with Gasteiger partial charge in [0.05, 0.1) is 4.88 Å². The van der Waals surface area contributed by atoms with Gasteiger partial charge in [-0.2, -0.15) is 0 Å². The molecular formula is C16H18N2O3S2. The average Bonchev–Trinajstić information content (AvgIpc) is 3.25. The minimum absolute atomic E-state index is 0.0722. The van der Waals surface area contributed by atoms with Crippen LogP contribution in [0.3, 0.4) is 0 Å². The molecule has 0 unspecified atom stereocenters. The number of carbonyl (C=O) groups excluding carboxylic acids is 1. The van der Waals surface area contributed by atoms with Crippen LogP contribution in [-0.4, -0.2) is 32.3 Å². The van der Waals surface area contributed by atoms with Crippen molar-refractivity contribution in [3.05, 3.63) is 52.9 Å². The van der Waals surface area contributed by atoms with Gasteiger partial charge in [0.15, 0.2) is 0 Å². The number of nitrogens with zero attached hydrogens (tertiary/aromatic N) is 1. The number of benzene rings is 1. The summed E-state index contributed by atoms with van der Waals surface area (Å²) in [4.78, 5) is 14.5. The second kappa shape index (κ2) is 6.82. The molecule has 23 heavy (non-hydrogen) atoms. The normalized spacial score (nSPS) is 15.0. The molecule has 0 radical (unpaired) electrons. The van der Waals surface area contributed by atoms with Crippen molar-refractivity contribution < 1.29 is 13.2 Å². The summed E-state index contributed by atoms with van der Waals surface area (Å²) in [5.74, 6) is -0.0722. The largest absolute Gasteiger partial charge is 0.338 e. The molecule has 2 aromatic rings. The van der Waals surface area contributed by atoms with Gasteiger partial charge in [-0.3, -0.25) is 4.79 Å². The van der Waals surface area contributed by atoms with E-state index in [4.69, 9.17) is 0 Å². The second-order valence-corrected chi connectivity index (χ2v) is 8.51. The Morgan fingerprint density at radius 3 is 2.48 bits per heavy atom. The number of likely N-dealkylation sites (tertiary alicyclic amines) is 1. The number of hydrogen-bond acceptors (Lipinski definition) is 4. The van der Waals surface area contributed by atoms with Gasteiger partial charge in [-0.25, -0.2) is 13.1 Å². The lowest BCUT2D eigenvalue weighted by Gasteiger charge is -2.13. The first-order valence-corrected chi connectivity index (χ1v) is 9.79. The lowest BCUT2D eigenvalue weighted by molar-refractivity contribution is 0.0797. The molecule has 1 N–H and O–H groups in total. The van der Waals surface area contributed by atoms with E-state index in [1.807, 2.05) is 30.3 Å². The quantitative estimate of drug-likeness (QED) is 0.901. The van der Waals surface area contributed by atoms with Gasteiger partial charge in [-0.05, 0) is 30.5 Å². The van der Waals surface area contributed by atoms with E-state index in [1.165, 1.54) is 6.07 Å². The van der Waals surface area contributed by atoms with E-state index < -0.39 is 10.0 Å². The first-order chi connectivity index (χ1) is 11.1. The van der Waals surface area contributed by atoms with Crippen LogP contribution in [0.25, 0.3) is 0 Å². The van der Waals surface area contributed by atoms with E-state index in [-0.39, 0.29) is 16.7 Å². The molecule has 1 aromatic heterocycles. The summed E-state index contributed by atoms with van der Waals surface area (Å²) >= 11 is 1.03. The van der Waals surface area contributed by atoms with Crippen molar-refractivity contribution in [1.29, 1.82) is 0 Å². The van der Waals surface area contributed by atoms with Crippen molar-refractivity contribution in [1.82, 2.24) is 9.62 Å². The Morgan fingerprint density at radius 1 is 1.09 bits per heavy atom. The third kappa shape index (κ3) is 3.80. The molecule has 1 aliphatic rings. The summed E-state index contributed by atoms with van der Waals surface area (Å²) in [5.41, 5.74) is 0.890. The Hall–Kier alpha value is -1.70. The summed E-state index contributed by atoms with van der Waals surface area (Å²) in [6, 6.07) is 12.4. The van der Waals surface area contributed by atoms with Crippen LogP contribution in [0.15, 0.2) is 46.7 Å². The molecule has 3 rings (SSSR count). The molecule has 0 saturated carbocycles. The van der Waals surface area contributed by atoms with Crippen molar-refractivity contribution in [2.24, 2.45) is 0 Å². The Labute approximate surface area is 140 Å². The summed E-state index contributed by atoms with van der Waals surface area (Å²) in [7, 11) is -3.60. The van der Waals surface area contributed by atoms with Gasteiger partial charge in [0.2, 0.25) is 10.0 Å². The standard InChI is InChI=1S/C16H18N2O3S2/c19-16(18-10-4-5-11-18)14-8-9-15(22-14)23(20,21)17-12-13-6-2-1-3-7-13/h1-3,6-9,17H,4-5,10-12H2. The second-order valence-electron chi connectivity index (χ2n) is 5.43. The highest BCUT2D eigenvalue weighted by Gasteiger charge is 2.23. The molecule has 5 nitrogen and oxygen atoms in total. The minimum atomic E-state index is -3.60. The molecule has 2 heterocycles. The van der Waals surface area contributed by atoms with Crippen LogP contribution >= 0.6 is 11.3 Å². The fourth-order valence-electron chi connectivity index (χ4n) is 2.50. The highest BCUT2D eigenvalue weighted by Crippen LogP contribution is 2.24. The van der Waals surface area contributed by atoms with Gasteiger partial charge in [0.25, 0.3) is 5.91 Å². The number of nitrogens with one attached hydrogen (secondary N) is 1. The van der Waals surface area contributed by atoms with Gasteiger partial charge in [-0.15, -0.1) is 11.3 Å². The van der Waals surface area contributed by atoms with Crippen molar-refractivity contribution in [3.63, 3.8) is 0 Å². The van der Waals surface area contributed by atoms with Gasteiger partial charge < -0.3 is 4.90 Å². The summed E-state index contributed by atoms with van der Waals surface area (Å²) in [6.45, 7) is 1.74. The number of sulfonamides is 1. The molecule has 0 bridgehead atoms. The molecule has 1 aromatic carbocycles. The lowest BCUT2D eigenvalue weighted by atomic mass is 10.2. The van der Waals surface area contributed by atoms with Gasteiger partial charge in [0, 0.05) is 19.6 Å². The average molecular weight is 350 g/mol. The molecule has 0 aliphatic carbocycles. The Kier molecular flexibility index (Phi) is 4.79. The fraction of sp³-hybridized carbons (Fsp3) is 0.312. The van der Waals surface area contributed by atoms with Gasteiger partial charge >= 0.3 is 0 Å². The van der Waals surface area contributed by atoms with E-state index in [0.29, 0.717) is 4.88 Å². The third-order valence-corrected chi connectivity index (χ3v) is 6.73. The molecule has 1 amide bonds. The summed E-state index contributed by atoms with van der Waals surface area (Å²) < 4.78 is 27.4. The highest BCUT2D eigenvalue weighted by atomic mass is 32.2. The molecule has 122 valence electrons. The molecule has 1 aliphatic heterocycles. The first-order valence-electron chi connectivity index (χ1n) is 7.49.